The van der Waals surface area contributed by atoms with Crippen LogP contribution in [0.3, 0.4) is 0 Å². The fourth-order valence-electron chi connectivity index (χ4n) is 4.19. The van der Waals surface area contributed by atoms with E-state index in [0.717, 1.165) is 5.56 Å². The van der Waals surface area contributed by atoms with Crippen molar-refractivity contribution in [2.24, 2.45) is 5.92 Å². The molecule has 1 aliphatic rings. The molecule has 6 nitrogen and oxygen atoms in total. The van der Waals surface area contributed by atoms with Gasteiger partial charge in [-0.15, -0.1) is 0 Å². The summed E-state index contributed by atoms with van der Waals surface area (Å²) in [7, 11) is -2.73. The highest BCUT2D eigenvalue weighted by Gasteiger charge is 2.35. The first-order chi connectivity index (χ1) is 16.6. The summed E-state index contributed by atoms with van der Waals surface area (Å²) in [5.41, 5.74) is 2.01. The number of nitrogens with zero attached hydrogens (tertiary/aromatic N) is 1. The highest BCUT2D eigenvalue weighted by atomic mass is 35.5. The van der Waals surface area contributed by atoms with E-state index in [2.05, 4.69) is 0 Å². The van der Waals surface area contributed by atoms with E-state index in [9.17, 15) is 18.3 Å². The third kappa shape index (κ3) is 5.15. The monoisotopic (exact) mass is 553 g/mol. The lowest BCUT2D eigenvalue weighted by Gasteiger charge is -2.35. The first kappa shape index (κ1) is 25.8. The molecule has 3 aromatic carbocycles. The van der Waals surface area contributed by atoms with Crippen molar-refractivity contribution in [1.82, 2.24) is 0 Å². The van der Waals surface area contributed by atoms with Crippen LogP contribution in [0.15, 0.2) is 59.5 Å². The van der Waals surface area contributed by atoms with Crippen LogP contribution in [0.4, 0.5) is 5.69 Å². The number of methoxy groups -OCH3 is 1. The number of hydrogen-bond donors (Lipinski definition) is 1. The van der Waals surface area contributed by atoms with Crippen molar-refractivity contribution in [3.63, 3.8) is 0 Å². The van der Waals surface area contributed by atoms with Gasteiger partial charge in [0.2, 0.25) is 0 Å². The Labute approximate surface area is 219 Å². The Hall–Kier alpha value is -2.29. The number of ether oxygens (including phenoxy) is 1. The minimum atomic E-state index is -4.11. The molecule has 0 radical (unpaired) electrons. The van der Waals surface area contributed by atoms with E-state index in [0.29, 0.717) is 17.7 Å². The molecule has 4 rings (SSSR count). The lowest BCUT2D eigenvalue weighted by atomic mass is 9.92. The highest BCUT2D eigenvalue weighted by molar-refractivity contribution is 7.93. The molecule has 1 aliphatic heterocycles. The van der Waals surface area contributed by atoms with Gasteiger partial charge in [-0.3, -0.25) is 9.10 Å². The molecule has 0 spiro atoms. The summed E-state index contributed by atoms with van der Waals surface area (Å²) in [4.78, 5) is 12.9. The van der Waals surface area contributed by atoms with Crippen molar-refractivity contribution < 1.29 is 23.1 Å². The molecule has 0 amide bonds. The zero-order valence-electron chi connectivity index (χ0n) is 18.7. The van der Waals surface area contributed by atoms with Gasteiger partial charge in [0.05, 0.1) is 28.4 Å². The third-order valence-electron chi connectivity index (χ3n) is 5.91. The molecule has 0 aromatic heterocycles. The van der Waals surface area contributed by atoms with Crippen LogP contribution in [-0.4, -0.2) is 39.6 Å². The molecule has 1 heterocycles. The van der Waals surface area contributed by atoms with E-state index in [1.807, 2.05) is 0 Å². The van der Waals surface area contributed by atoms with Gasteiger partial charge in [-0.2, -0.15) is 0 Å². The number of benzene rings is 3. The summed E-state index contributed by atoms with van der Waals surface area (Å²) in [5, 5.41) is 10.6. The Kier molecular flexibility index (Phi) is 7.64. The number of aliphatic hydroxyl groups excluding tert-OH is 1. The Bertz CT molecular complexity index is 1370. The molecule has 0 aliphatic carbocycles. The van der Waals surface area contributed by atoms with Crippen molar-refractivity contribution in [3.05, 3.63) is 86.4 Å². The number of rotatable bonds is 7. The lowest BCUT2D eigenvalue weighted by Crippen LogP contribution is -2.41. The molecule has 0 saturated heterocycles. The quantitative estimate of drug-likeness (QED) is 0.393. The molecular formula is C25H22Cl3NO5S. The summed E-state index contributed by atoms with van der Waals surface area (Å²) >= 11 is 18.5. The van der Waals surface area contributed by atoms with Crippen LogP contribution in [-0.2, 0) is 22.9 Å². The van der Waals surface area contributed by atoms with Gasteiger partial charge in [0.1, 0.15) is 10.6 Å². The second kappa shape index (κ2) is 10.4. The Morgan fingerprint density at radius 2 is 1.80 bits per heavy atom. The van der Waals surface area contributed by atoms with Crippen LogP contribution in [0.2, 0.25) is 15.1 Å². The molecule has 10 heteroatoms. The highest BCUT2D eigenvalue weighted by Crippen LogP contribution is 2.38. The summed E-state index contributed by atoms with van der Waals surface area (Å²) in [6.45, 7) is -0.112. The number of ketones is 1. The zero-order chi connectivity index (χ0) is 25.3. The Balaban J connectivity index is 1.76. The maximum Gasteiger partial charge on any atom is 0.268 e. The normalized spacial score (nSPS) is 15.6. The van der Waals surface area contributed by atoms with E-state index >= 15 is 0 Å². The number of fused-ring (bicyclic) bond motifs is 1. The van der Waals surface area contributed by atoms with Gasteiger partial charge in [0, 0.05) is 30.5 Å². The molecule has 1 atom stereocenters. The molecule has 0 fully saturated rings. The second-order valence-corrected chi connectivity index (χ2v) is 11.3. The second-order valence-electron chi connectivity index (χ2n) is 8.24. The summed E-state index contributed by atoms with van der Waals surface area (Å²) in [6, 6.07) is 14.5. The largest absolute Gasteiger partial charge is 0.495 e. The van der Waals surface area contributed by atoms with Gasteiger partial charge in [0.25, 0.3) is 10.0 Å². The first-order valence-electron chi connectivity index (χ1n) is 10.7. The van der Waals surface area contributed by atoms with E-state index in [1.165, 1.54) is 23.5 Å². The van der Waals surface area contributed by atoms with Crippen molar-refractivity contribution in [2.45, 2.75) is 17.7 Å². The first-order valence-corrected chi connectivity index (χ1v) is 13.3. The summed E-state index contributed by atoms with van der Waals surface area (Å²) < 4.78 is 34.1. The molecule has 184 valence electrons. The third-order valence-corrected chi connectivity index (χ3v) is 8.58. The maximum absolute atomic E-state index is 13.8. The molecule has 0 bridgehead atoms. The number of carbonyl (C=O) groups excluding carboxylic acids is 1. The van der Waals surface area contributed by atoms with Gasteiger partial charge in [0.15, 0.2) is 5.78 Å². The SMILES string of the molecule is COc1ccc(Cl)cc1S(=O)(=O)N1C[C@H](CO)Cc2ccc(CC(=O)c3c(Cl)cccc3Cl)cc21. The van der Waals surface area contributed by atoms with Gasteiger partial charge >= 0.3 is 0 Å². The van der Waals surface area contributed by atoms with Crippen LogP contribution in [0, 0.1) is 5.92 Å². The maximum atomic E-state index is 13.8. The van der Waals surface area contributed by atoms with E-state index in [-0.39, 0.29) is 62.5 Å². The average molecular weight is 555 g/mol. The fourth-order valence-corrected chi connectivity index (χ4v) is 6.79. The number of sulfonamides is 1. The predicted molar refractivity (Wildman–Crippen MR) is 138 cm³/mol. The van der Waals surface area contributed by atoms with E-state index in [1.54, 1.807) is 42.5 Å². The number of carbonyl (C=O) groups is 1. The summed E-state index contributed by atoms with van der Waals surface area (Å²) in [6.07, 6.45) is 0.476. The Morgan fingerprint density at radius 1 is 1.09 bits per heavy atom. The van der Waals surface area contributed by atoms with E-state index < -0.39 is 10.0 Å². The fraction of sp³-hybridized carbons (Fsp3) is 0.240. The smallest absolute Gasteiger partial charge is 0.268 e. The van der Waals surface area contributed by atoms with Crippen LogP contribution < -0.4 is 9.04 Å². The van der Waals surface area contributed by atoms with Crippen molar-refractivity contribution in [1.29, 1.82) is 0 Å². The van der Waals surface area contributed by atoms with Crippen molar-refractivity contribution >= 4 is 56.3 Å². The molecule has 35 heavy (non-hydrogen) atoms. The number of halogens is 3. The topological polar surface area (TPSA) is 83.9 Å². The van der Waals surface area contributed by atoms with Crippen LogP contribution in [0.5, 0.6) is 5.75 Å². The number of aliphatic hydroxyl groups is 1. The van der Waals surface area contributed by atoms with Crippen LogP contribution >= 0.6 is 34.8 Å². The molecule has 0 unspecified atom stereocenters. The minimum Gasteiger partial charge on any atom is -0.495 e. The van der Waals surface area contributed by atoms with Crippen LogP contribution in [0.25, 0.3) is 0 Å². The average Bonchev–Trinajstić information content (AvgIpc) is 2.83. The standard InChI is InChI=1S/C25H22Cl3NO5S/c1-34-23-8-7-18(26)12-24(23)35(32,33)29-13-16(14-30)9-17-6-5-15(10-21(17)29)11-22(31)25-19(27)3-2-4-20(25)28/h2-8,10,12,16,30H,9,11,13-14H2,1H3/t16-/m1/s1. The van der Waals surface area contributed by atoms with Crippen molar-refractivity contribution in [2.75, 3.05) is 24.6 Å². The minimum absolute atomic E-state index is 0.0193. The Morgan fingerprint density at radius 3 is 2.46 bits per heavy atom. The predicted octanol–water partition coefficient (Wildman–Crippen LogP) is 5.44. The molecule has 0 saturated carbocycles. The molecular weight excluding hydrogens is 533 g/mol. The van der Waals surface area contributed by atoms with Gasteiger partial charge in [-0.25, -0.2) is 8.42 Å². The van der Waals surface area contributed by atoms with Gasteiger partial charge in [-0.1, -0.05) is 53.0 Å². The zero-order valence-corrected chi connectivity index (χ0v) is 21.8. The van der Waals surface area contributed by atoms with Crippen LogP contribution in [0.1, 0.15) is 21.5 Å². The number of anilines is 1. The molecule has 1 N–H and O–H groups in total. The number of hydrogen-bond acceptors (Lipinski definition) is 5. The number of Topliss-reactive ketones (excluding diaryl/α,β-unsaturated/α-hetero) is 1. The summed E-state index contributed by atoms with van der Waals surface area (Å²) in [5.74, 6) is -0.422. The molecule has 3 aromatic rings. The van der Waals surface area contributed by atoms with Gasteiger partial charge < -0.3 is 9.84 Å². The lowest BCUT2D eigenvalue weighted by molar-refractivity contribution is 0.0993. The van der Waals surface area contributed by atoms with Gasteiger partial charge in [-0.05, 0) is 53.9 Å². The van der Waals surface area contributed by atoms with E-state index in [4.69, 9.17) is 39.5 Å². The van der Waals surface area contributed by atoms with Crippen molar-refractivity contribution in [3.8, 4) is 5.75 Å².